The molecule has 1 aromatic carbocycles. The van der Waals surface area contributed by atoms with Crippen LogP contribution in [0.5, 0.6) is 0 Å². The summed E-state index contributed by atoms with van der Waals surface area (Å²) in [4.78, 5) is 15.0. The zero-order valence-corrected chi connectivity index (χ0v) is 10.9. The molecule has 0 aliphatic heterocycles. The molecule has 1 aliphatic rings. The van der Waals surface area contributed by atoms with Crippen LogP contribution >= 0.6 is 0 Å². The maximum atomic E-state index is 13.4. The lowest BCUT2D eigenvalue weighted by Crippen LogP contribution is -2.33. The Balaban J connectivity index is 1.76. The Morgan fingerprint density at radius 1 is 1.23 bits per heavy atom. The van der Waals surface area contributed by atoms with Gasteiger partial charge in [0.1, 0.15) is 0 Å². The molecule has 0 bridgehead atoms. The molecule has 1 saturated carbocycles. The summed E-state index contributed by atoms with van der Waals surface area (Å²) in [7, 11) is 0. The summed E-state index contributed by atoms with van der Waals surface area (Å²) in [6.07, 6.45) is -4.16. The number of benzene rings is 1. The molecule has 0 saturated heterocycles. The fourth-order valence-electron chi connectivity index (χ4n) is 1.74. The third kappa shape index (κ3) is 2.92. The highest BCUT2D eigenvalue weighted by Gasteiger charge is 2.44. The van der Waals surface area contributed by atoms with E-state index in [0.717, 1.165) is 0 Å². The molecule has 1 aliphatic carbocycles. The molecule has 116 valence electrons. The Kier molecular flexibility index (Phi) is 3.15. The van der Waals surface area contributed by atoms with Crippen LogP contribution in [-0.2, 0) is 6.18 Å². The predicted molar refractivity (Wildman–Crippen MR) is 65.3 cm³/mol. The molecule has 22 heavy (non-hydrogen) atoms. The molecule has 0 atom stereocenters. The highest BCUT2D eigenvalue weighted by Crippen LogP contribution is 2.36. The van der Waals surface area contributed by atoms with E-state index in [0.29, 0.717) is 0 Å². The number of halogens is 4. The van der Waals surface area contributed by atoms with Crippen molar-refractivity contribution < 1.29 is 26.9 Å². The SMILES string of the molecule is O=C(NC1(F)CC1)c1ccc(-c2noc(C(F)(F)F)n2)cc1. The minimum atomic E-state index is -4.72. The summed E-state index contributed by atoms with van der Waals surface area (Å²) >= 11 is 0. The molecular weight excluding hydrogens is 306 g/mol. The molecule has 0 radical (unpaired) electrons. The number of nitrogens with zero attached hydrogens (tertiary/aromatic N) is 2. The zero-order chi connectivity index (χ0) is 16.0. The number of aromatic nitrogens is 2. The van der Waals surface area contributed by atoms with E-state index in [2.05, 4.69) is 20.0 Å². The molecule has 0 unspecified atom stereocenters. The first kappa shape index (κ1) is 14.5. The van der Waals surface area contributed by atoms with Gasteiger partial charge in [-0.15, -0.1) is 0 Å². The van der Waals surface area contributed by atoms with E-state index in [-0.39, 0.29) is 29.8 Å². The van der Waals surface area contributed by atoms with Crippen LogP contribution in [-0.4, -0.2) is 21.8 Å². The molecule has 2 aromatic rings. The molecule has 1 fully saturated rings. The van der Waals surface area contributed by atoms with Crippen molar-refractivity contribution in [3.8, 4) is 11.4 Å². The van der Waals surface area contributed by atoms with Gasteiger partial charge in [0, 0.05) is 24.0 Å². The number of hydrogen-bond acceptors (Lipinski definition) is 4. The first-order valence-corrected chi connectivity index (χ1v) is 6.30. The Morgan fingerprint density at radius 2 is 1.86 bits per heavy atom. The second-order valence-corrected chi connectivity index (χ2v) is 4.92. The number of nitrogens with one attached hydrogen (secondary N) is 1. The van der Waals surface area contributed by atoms with Crippen molar-refractivity contribution in [1.29, 1.82) is 0 Å². The van der Waals surface area contributed by atoms with Crippen molar-refractivity contribution in [3.63, 3.8) is 0 Å². The van der Waals surface area contributed by atoms with E-state index in [1.807, 2.05) is 0 Å². The van der Waals surface area contributed by atoms with Gasteiger partial charge in [-0.25, -0.2) is 4.39 Å². The Hall–Kier alpha value is -2.45. The molecule has 1 amide bonds. The van der Waals surface area contributed by atoms with Crippen molar-refractivity contribution in [2.24, 2.45) is 0 Å². The smallest absolute Gasteiger partial charge is 0.329 e. The number of hydrogen-bond donors (Lipinski definition) is 1. The van der Waals surface area contributed by atoms with E-state index in [1.54, 1.807) is 0 Å². The Bertz CT molecular complexity index is 705. The first-order valence-electron chi connectivity index (χ1n) is 6.30. The number of carbonyl (C=O) groups is 1. The monoisotopic (exact) mass is 315 g/mol. The zero-order valence-electron chi connectivity index (χ0n) is 10.9. The number of rotatable bonds is 3. The average Bonchev–Trinajstić information content (AvgIpc) is 2.99. The standard InChI is InChI=1S/C13H9F4N3O2/c14-12(5-6-12)19-10(21)8-3-1-7(2-4-8)9-18-11(22-20-9)13(15,16)17/h1-4H,5-6H2,(H,19,21). The molecule has 1 N–H and O–H groups in total. The van der Waals surface area contributed by atoms with Gasteiger partial charge < -0.3 is 9.84 Å². The largest absolute Gasteiger partial charge is 0.471 e. The predicted octanol–water partition coefficient (Wildman–Crippen LogP) is 2.94. The summed E-state index contributed by atoms with van der Waals surface area (Å²) in [5.74, 6) is -3.91. The first-order chi connectivity index (χ1) is 10.3. The van der Waals surface area contributed by atoms with Crippen molar-refractivity contribution in [1.82, 2.24) is 15.5 Å². The van der Waals surface area contributed by atoms with Gasteiger partial charge in [-0.3, -0.25) is 4.79 Å². The molecule has 0 spiro atoms. The van der Waals surface area contributed by atoms with Gasteiger partial charge in [0.25, 0.3) is 5.91 Å². The fourth-order valence-corrected chi connectivity index (χ4v) is 1.74. The lowest BCUT2D eigenvalue weighted by Gasteiger charge is -2.08. The van der Waals surface area contributed by atoms with Crippen molar-refractivity contribution >= 4 is 5.91 Å². The van der Waals surface area contributed by atoms with E-state index in [1.165, 1.54) is 24.3 Å². The Morgan fingerprint density at radius 3 is 2.36 bits per heavy atom. The number of alkyl halides is 4. The summed E-state index contributed by atoms with van der Waals surface area (Å²) in [6.45, 7) is 0. The quantitative estimate of drug-likeness (QED) is 0.698. The highest BCUT2D eigenvalue weighted by atomic mass is 19.4. The molecular formula is C13H9F4N3O2. The van der Waals surface area contributed by atoms with E-state index < -0.39 is 23.8 Å². The van der Waals surface area contributed by atoms with E-state index in [4.69, 9.17) is 0 Å². The van der Waals surface area contributed by atoms with Gasteiger partial charge in [-0.1, -0.05) is 17.3 Å². The van der Waals surface area contributed by atoms with Crippen molar-refractivity contribution in [3.05, 3.63) is 35.7 Å². The van der Waals surface area contributed by atoms with Crippen LogP contribution in [0.1, 0.15) is 29.1 Å². The Labute approximate surface area is 121 Å². The third-order valence-electron chi connectivity index (χ3n) is 3.10. The molecule has 9 heteroatoms. The van der Waals surface area contributed by atoms with Gasteiger partial charge in [0.2, 0.25) is 5.82 Å². The highest BCUT2D eigenvalue weighted by molar-refractivity contribution is 5.95. The second kappa shape index (κ2) is 4.79. The maximum Gasteiger partial charge on any atom is 0.471 e. The van der Waals surface area contributed by atoms with Crippen LogP contribution in [0.2, 0.25) is 0 Å². The minimum Gasteiger partial charge on any atom is -0.329 e. The van der Waals surface area contributed by atoms with Gasteiger partial charge in [0.05, 0.1) is 0 Å². The molecule has 1 aromatic heterocycles. The van der Waals surface area contributed by atoms with Crippen LogP contribution in [0.15, 0.2) is 28.8 Å². The third-order valence-corrected chi connectivity index (χ3v) is 3.10. The van der Waals surface area contributed by atoms with Crippen LogP contribution in [0.4, 0.5) is 17.6 Å². The second-order valence-electron chi connectivity index (χ2n) is 4.92. The lowest BCUT2D eigenvalue weighted by molar-refractivity contribution is -0.159. The summed E-state index contributed by atoms with van der Waals surface area (Å²) < 4.78 is 54.6. The van der Waals surface area contributed by atoms with Crippen LogP contribution in [0.25, 0.3) is 11.4 Å². The van der Waals surface area contributed by atoms with Gasteiger partial charge in [-0.05, 0) is 12.1 Å². The van der Waals surface area contributed by atoms with Crippen LogP contribution in [0.3, 0.4) is 0 Å². The van der Waals surface area contributed by atoms with Crippen LogP contribution in [0, 0.1) is 0 Å². The summed E-state index contributed by atoms with van der Waals surface area (Å²) in [6, 6.07) is 5.41. The number of amides is 1. The van der Waals surface area contributed by atoms with Gasteiger partial charge in [-0.2, -0.15) is 18.2 Å². The van der Waals surface area contributed by atoms with Crippen molar-refractivity contribution in [2.75, 3.05) is 0 Å². The topological polar surface area (TPSA) is 68.0 Å². The summed E-state index contributed by atoms with van der Waals surface area (Å²) in [5, 5.41) is 5.46. The van der Waals surface area contributed by atoms with Gasteiger partial charge >= 0.3 is 12.1 Å². The average molecular weight is 315 g/mol. The van der Waals surface area contributed by atoms with Crippen molar-refractivity contribution in [2.45, 2.75) is 24.8 Å². The molecule has 1 heterocycles. The fraction of sp³-hybridized carbons (Fsp3) is 0.308. The minimum absolute atomic E-state index is 0.187. The van der Waals surface area contributed by atoms with E-state index >= 15 is 0 Å². The number of carbonyl (C=O) groups excluding carboxylic acids is 1. The molecule has 5 nitrogen and oxygen atoms in total. The van der Waals surface area contributed by atoms with E-state index in [9.17, 15) is 22.4 Å². The van der Waals surface area contributed by atoms with Crippen LogP contribution < -0.4 is 5.32 Å². The summed E-state index contributed by atoms with van der Waals surface area (Å²) in [5.41, 5.74) is 0.435. The normalized spacial score (nSPS) is 16.4. The van der Waals surface area contributed by atoms with Gasteiger partial charge in [0.15, 0.2) is 5.79 Å². The lowest BCUT2D eigenvalue weighted by atomic mass is 10.1. The maximum absolute atomic E-state index is 13.4. The molecule has 3 rings (SSSR count).